The third-order valence-electron chi connectivity index (χ3n) is 14.9. The van der Waals surface area contributed by atoms with E-state index in [-0.39, 0.29) is 31.1 Å². The first-order valence-corrected chi connectivity index (χ1v) is 35.0. The lowest BCUT2D eigenvalue weighted by atomic mass is 10.0. The van der Waals surface area contributed by atoms with Crippen molar-refractivity contribution in [3.05, 3.63) is 122 Å². The van der Waals surface area contributed by atoms with Crippen molar-refractivity contribution < 1.29 is 28.6 Å². The predicted octanol–water partition coefficient (Wildman–Crippen LogP) is 24.3. The van der Waals surface area contributed by atoms with Crippen LogP contribution in [0.25, 0.3) is 0 Å². The molecular weight excluding hydrogens is 1020 g/mol. The number of hydrogen-bond donors (Lipinski definition) is 0. The molecule has 0 rings (SSSR count). The molecule has 0 saturated heterocycles. The average Bonchev–Trinajstić information content (AvgIpc) is 3.48. The van der Waals surface area contributed by atoms with Gasteiger partial charge in [-0.3, -0.25) is 14.4 Å². The Morgan fingerprint density at radius 3 is 0.747 bits per heavy atom. The number of ether oxygens (including phenoxy) is 3. The topological polar surface area (TPSA) is 78.9 Å². The summed E-state index contributed by atoms with van der Waals surface area (Å²) in [7, 11) is 0. The molecule has 0 heterocycles. The van der Waals surface area contributed by atoms with Gasteiger partial charge in [0.15, 0.2) is 6.10 Å². The zero-order chi connectivity index (χ0) is 59.9. The summed E-state index contributed by atoms with van der Waals surface area (Å²) in [5.74, 6) is -0.884. The lowest BCUT2D eigenvalue weighted by Crippen LogP contribution is -2.30. The van der Waals surface area contributed by atoms with E-state index in [2.05, 4.69) is 142 Å². The van der Waals surface area contributed by atoms with Crippen LogP contribution in [0.15, 0.2) is 122 Å². The predicted molar refractivity (Wildman–Crippen MR) is 362 cm³/mol. The Kier molecular flexibility index (Phi) is 66.7. The van der Waals surface area contributed by atoms with Crippen molar-refractivity contribution >= 4 is 17.9 Å². The highest BCUT2D eigenvalue weighted by Gasteiger charge is 2.19. The van der Waals surface area contributed by atoms with E-state index in [0.29, 0.717) is 19.3 Å². The lowest BCUT2D eigenvalue weighted by molar-refractivity contribution is -0.167. The molecule has 0 aromatic rings. The molecule has 0 radical (unpaired) electrons. The molecule has 0 aliphatic heterocycles. The highest BCUT2D eigenvalue weighted by Crippen LogP contribution is 2.17. The van der Waals surface area contributed by atoms with Gasteiger partial charge in [0, 0.05) is 19.3 Å². The highest BCUT2D eigenvalue weighted by molar-refractivity contribution is 5.71. The minimum Gasteiger partial charge on any atom is -0.462 e. The number of carbonyl (C=O) groups excluding carboxylic acids is 3. The summed E-state index contributed by atoms with van der Waals surface area (Å²) in [6.07, 6.45) is 98.0. The fourth-order valence-electron chi connectivity index (χ4n) is 9.74. The molecule has 1 atom stereocenters. The fraction of sp³-hybridized carbons (Fsp3) is 0.701. The van der Waals surface area contributed by atoms with Gasteiger partial charge in [-0.2, -0.15) is 0 Å². The number of unbranched alkanes of at least 4 members (excludes halogenated alkanes) is 32. The molecule has 0 N–H and O–H groups in total. The maximum atomic E-state index is 12.9. The van der Waals surface area contributed by atoms with E-state index in [1.807, 2.05) is 0 Å². The average molecular weight is 1150 g/mol. The molecule has 83 heavy (non-hydrogen) atoms. The molecule has 0 saturated carbocycles. The lowest BCUT2D eigenvalue weighted by Gasteiger charge is -2.18. The Morgan fingerprint density at radius 2 is 0.470 bits per heavy atom. The van der Waals surface area contributed by atoms with E-state index >= 15 is 0 Å². The van der Waals surface area contributed by atoms with Crippen molar-refractivity contribution in [1.82, 2.24) is 0 Å². The summed E-state index contributed by atoms with van der Waals surface area (Å²) < 4.78 is 17.0. The minimum absolute atomic E-state index is 0.0815. The molecule has 0 amide bonds. The van der Waals surface area contributed by atoms with Gasteiger partial charge in [-0.15, -0.1) is 0 Å². The quantitative estimate of drug-likeness (QED) is 0.0261. The van der Waals surface area contributed by atoms with Crippen molar-refractivity contribution in [3.8, 4) is 0 Å². The van der Waals surface area contributed by atoms with Crippen molar-refractivity contribution in [2.75, 3.05) is 13.2 Å². The van der Waals surface area contributed by atoms with E-state index in [0.717, 1.165) is 122 Å². The first-order chi connectivity index (χ1) is 41.0. The molecule has 0 bridgehead atoms. The zero-order valence-electron chi connectivity index (χ0n) is 54.4. The van der Waals surface area contributed by atoms with Crippen LogP contribution in [-0.4, -0.2) is 37.2 Å². The van der Waals surface area contributed by atoms with Crippen LogP contribution >= 0.6 is 0 Å². The molecule has 0 fully saturated rings. The summed E-state index contributed by atoms with van der Waals surface area (Å²) in [4.78, 5) is 38.4. The second-order valence-corrected chi connectivity index (χ2v) is 23.0. The van der Waals surface area contributed by atoms with Crippen LogP contribution in [0.5, 0.6) is 0 Å². The van der Waals surface area contributed by atoms with Crippen LogP contribution < -0.4 is 0 Å². The van der Waals surface area contributed by atoms with Gasteiger partial charge in [0.05, 0.1) is 0 Å². The van der Waals surface area contributed by atoms with Crippen LogP contribution in [0.2, 0.25) is 0 Å². The summed E-state index contributed by atoms with van der Waals surface area (Å²) in [6.45, 7) is 6.39. The van der Waals surface area contributed by atoms with Gasteiger partial charge in [-0.25, -0.2) is 0 Å². The third-order valence-corrected chi connectivity index (χ3v) is 14.9. The summed E-state index contributed by atoms with van der Waals surface area (Å²) in [5.41, 5.74) is 0. The molecular formula is C77H130O6. The first-order valence-electron chi connectivity index (χ1n) is 35.0. The van der Waals surface area contributed by atoms with Crippen LogP contribution in [0.1, 0.15) is 329 Å². The molecule has 0 aromatic carbocycles. The maximum absolute atomic E-state index is 12.9. The molecule has 6 heteroatoms. The van der Waals surface area contributed by atoms with Gasteiger partial charge in [-0.1, -0.05) is 309 Å². The molecule has 1 unspecified atom stereocenters. The van der Waals surface area contributed by atoms with E-state index in [9.17, 15) is 14.4 Å². The number of allylic oxidation sites excluding steroid dienone is 20. The Hall–Kier alpha value is -4.19. The van der Waals surface area contributed by atoms with Crippen molar-refractivity contribution in [3.63, 3.8) is 0 Å². The van der Waals surface area contributed by atoms with Gasteiger partial charge in [0.1, 0.15) is 13.2 Å². The van der Waals surface area contributed by atoms with Crippen LogP contribution in [0.3, 0.4) is 0 Å². The smallest absolute Gasteiger partial charge is 0.306 e. The highest BCUT2D eigenvalue weighted by atomic mass is 16.6. The number of rotatable bonds is 63. The largest absolute Gasteiger partial charge is 0.462 e. The first kappa shape index (κ1) is 78.8. The SMILES string of the molecule is CC/C=C\C/C=C\C/C=C\C/C=C\C/C=C\CCCCCCCCCCCCCCCC(=O)OCC(COC(=O)CCCCCCC/C=C\CCCC)OC(=O)CCCCCCCCCCCCCC/C=C\C/C=C\C/C=C\C/C=C\CC. The standard InChI is InChI=1S/C77H130O6/c1-4-7-10-13-16-19-22-24-26-28-30-32-34-36-37-38-39-41-42-44-46-48-50-52-55-58-61-64-67-70-76(79)82-73-74(72-81-75(78)69-66-63-60-57-54-21-18-15-12-9-6-3)83-77(80)71-68-65-62-59-56-53-51-49-47-45-43-40-35-33-31-29-27-25-23-20-17-14-11-8-5-2/h7-8,10-11,15-20,24-27,30-33,36-37,74H,4-6,9,12-14,21-23,28-29,34-35,38-73H2,1-3H3/b10-7-,11-8-,18-15-,19-16-,20-17-,26-24-,27-25-,32-30-,33-31-,37-36-. The van der Waals surface area contributed by atoms with E-state index in [4.69, 9.17) is 14.2 Å². The second kappa shape index (κ2) is 70.3. The normalized spacial score (nSPS) is 12.9. The summed E-state index contributed by atoms with van der Waals surface area (Å²) >= 11 is 0. The molecule has 474 valence electrons. The van der Waals surface area contributed by atoms with Gasteiger partial charge < -0.3 is 14.2 Å². The van der Waals surface area contributed by atoms with Gasteiger partial charge >= 0.3 is 17.9 Å². The van der Waals surface area contributed by atoms with E-state index in [1.54, 1.807) is 0 Å². The number of carbonyl (C=O) groups is 3. The van der Waals surface area contributed by atoms with Crippen LogP contribution in [0.4, 0.5) is 0 Å². The van der Waals surface area contributed by atoms with Gasteiger partial charge in [0.25, 0.3) is 0 Å². The Balaban J connectivity index is 4.23. The van der Waals surface area contributed by atoms with Crippen LogP contribution in [0, 0.1) is 0 Å². The second-order valence-electron chi connectivity index (χ2n) is 23.0. The van der Waals surface area contributed by atoms with Crippen molar-refractivity contribution in [1.29, 1.82) is 0 Å². The maximum Gasteiger partial charge on any atom is 0.306 e. The Morgan fingerprint density at radius 1 is 0.253 bits per heavy atom. The van der Waals surface area contributed by atoms with E-state index in [1.165, 1.54) is 167 Å². The van der Waals surface area contributed by atoms with Crippen LogP contribution in [-0.2, 0) is 28.6 Å². The Labute approximate surface area is 513 Å². The molecule has 0 aromatic heterocycles. The van der Waals surface area contributed by atoms with Crippen molar-refractivity contribution in [2.24, 2.45) is 0 Å². The van der Waals surface area contributed by atoms with Crippen molar-refractivity contribution in [2.45, 2.75) is 335 Å². The molecule has 0 aliphatic rings. The zero-order valence-corrected chi connectivity index (χ0v) is 54.4. The molecule has 0 spiro atoms. The minimum atomic E-state index is -0.786. The monoisotopic (exact) mass is 1150 g/mol. The third kappa shape index (κ3) is 68.5. The number of hydrogen-bond acceptors (Lipinski definition) is 6. The Bertz CT molecular complexity index is 1700. The van der Waals surface area contributed by atoms with E-state index < -0.39 is 6.10 Å². The summed E-state index contributed by atoms with van der Waals surface area (Å²) in [5, 5.41) is 0. The number of esters is 3. The summed E-state index contributed by atoms with van der Waals surface area (Å²) in [6, 6.07) is 0. The molecule has 0 aliphatic carbocycles. The van der Waals surface area contributed by atoms with Gasteiger partial charge in [-0.05, 0) is 122 Å². The fourth-order valence-corrected chi connectivity index (χ4v) is 9.74. The van der Waals surface area contributed by atoms with Gasteiger partial charge in [0.2, 0.25) is 0 Å². The molecule has 6 nitrogen and oxygen atoms in total.